The Morgan fingerprint density at radius 3 is 2.38 bits per heavy atom. The zero-order valence-corrected chi connectivity index (χ0v) is 9.18. The monoisotopic (exact) mass is 252 g/mol. The van der Waals surface area contributed by atoms with E-state index < -0.39 is 38.7 Å². The van der Waals surface area contributed by atoms with Gasteiger partial charge >= 0.3 is 0 Å². The molecule has 0 unspecified atom stereocenters. The van der Waals surface area contributed by atoms with Crippen LogP contribution in [0.3, 0.4) is 0 Å². The van der Waals surface area contributed by atoms with E-state index in [2.05, 4.69) is 0 Å². The molecule has 0 aliphatic heterocycles. The highest BCUT2D eigenvalue weighted by molar-refractivity contribution is 7.90. The number of phenolic OH excluding ortho intramolecular Hbond substituents is 1. The number of halogens is 2. The quantitative estimate of drug-likeness (QED) is 0.826. The van der Waals surface area contributed by atoms with Crippen molar-refractivity contribution in [3.63, 3.8) is 0 Å². The van der Waals surface area contributed by atoms with Crippen LogP contribution in [0.1, 0.15) is 5.56 Å². The second kappa shape index (κ2) is 4.34. The number of aliphatic hydroxyl groups excluding tert-OH is 1. The fraction of sp³-hybridized carbons (Fsp3) is 0.333. The summed E-state index contributed by atoms with van der Waals surface area (Å²) in [6, 6.07) is 0.699. The standard InChI is InChI=1S/C9H10F2O4S/c1-16(14,15)9-6(10)4-5(2-3-12)8(13)7(9)11/h4,12-13H,2-3H2,1H3. The summed E-state index contributed by atoms with van der Waals surface area (Å²) in [6.45, 7) is -0.412. The molecule has 1 aromatic rings. The molecule has 16 heavy (non-hydrogen) atoms. The Labute approximate surface area is 91.1 Å². The fourth-order valence-corrected chi connectivity index (χ4v) is 2.13. The largest absolute Gasteiger partial charge is 0.505 e. The third-order valence-electron chi connectivity index (χ3n) is 1.98. The third-order valence-corrected chi connectivity index (χ3v) is 3.10. The molecule has 0 heterocycles. The highest BCUT2D eigenvalue weighted by Crippen LogP contribution is 2.30. The molecule has 2 N–H and O–H groups in total. The van der Waals surface area contributed by atoms with Crippen LogP contribution >= 0.6 is 0 Å². The topological polar surface area (TPSA) is 74.6 Å². The normalized spacial score (nSPS) is 11.8. The van der Waals surface area contributed by atoms with Crippen molar-refractivity contribution in [1.82, 2.24) is 0 Å². The molecule has 0 spiro atoms. The van der Waals surface area contributed by atoms with Gasteiger partial charge in [-0.1, -0.05) is 0 Å². The maximum absolute atomic E-state index is 13.4. The van der Waals surface area contributed by atoms with Gasteiger partial charge in [0.15, 0.2) is 21.4 Å². The first-order chi connectivity index (χ1) is 7.29. The Morgan fingerprint density at radius 2 is 1.94 bits per heavy atom. The van der Waals surface area contributed by atoms with E-state index in [1.165, 1.54) is 0 Å². The molecule has 0 saturated heterocycles. The van der Waals surface area contributed by atoms with Crippen LogP contribution in [-0.2, 0) is 16.3 Å². The molecule has 0 aromatic heterocycles. The summed E-state index contributed by atoms with van der Waals surface area (Å²) in [4.78, 5) is -1.16. The van der Waals surface area contributed by atoms with Crippen LogP contribution in [0.25, 0.3) is 0 Å². The Bertz CT molecular complexity index is 511. The van der Waals surface area contributed by atoms with Gasteiger partial charge in [0.05, 0.1) is 0 Å². The first-order valence-electron chi connectivity index (χ1n) is 4.29. The molecule has 90 valence electrons. The van der Waals surface area contributed by atoms with Crippen LogP contribution in [0.4, 0.5) is 8.78 Å². The lowest BCUT2D eigenvalue weighted by atomic mass is 10.1. The smallest absolute Gasteiger partial charge is 0.186 e. The van der Waals surface area contributed by atoms with Gasteiger partial charge in [-0.15, -0.1) is 0 Å². The van der Waals surface area contributed by atoms with Crippen molar-refractivity contribution < 1.29 is 27.4 Å². The summed E-state index contributed by atoms with van der Waals surface area (Å²) in [5.74, 6) is -3.75. The molecule has 4 nitrogen and oxygen atoms in total. The molecule has 0 aliphatic carbocycles. The van der Waals surface area contributed by atoms with E-state index in [9.17, 15) is 22.3 Å². The summed E-state index contributed by atoms with van der Waals surface area (Å²) < 4.78 is 48.8. The molecule has 0 aliphatic rings. The summed E-state index contributed by atoms with van der Waals surface area (Å²) in [6.07, 6.45) is 0.476. The van der Waals surface area contributed by atoms with E-state index in [1.807, 2.05) is 0 Å². The van der Waals surface area contributed by atoms with Gasteiger partial charge in [-0.2, -0.15) is 0 Å². The van der Waals surface area contributed by atoms with Crippen LogP contribution < -0.4 is 0 Å². The van der Waals surface area contributed by atoms with Crippen molar-refractivity contribution >= 4 is 9.84 Å². The molecule has 0 amide bonds. The van der Waals surface area contributed by atoms with Gasteiger partial charge in [-0.3, -0.25) is 0 Å². The van der Waals surface area contributed by atoms with E-state index in [1.54, 1.807) is 0 Å². The maximum atomic E-state index is 13.4. The Morgan fingerprint density at radius 1 is 1.38 bits per heavy atom. The zero-order valence-electron chi connectivity index (χ0n) is 8.37. The number of sulfone groups is 1. The van der Waals surface area contributed by atoms with Gasteiger partial charge in [-0.25, -0.2) is 17.2 Å². The highest BCUT2D eigenvalue weighted by atomic mass is 32.2. The van der Waals surface area contributed by atoms with Crippen molar-refractivity contribution in [2.24, 2.45) is 0 Å². The second-order valence-electron chi connectivity index (χ2n) is 3.25. The van der Waals surface area contributed by atoms with Crippen LogP contribution in [0.15, 0.2) is 11.0 Å². The number of hydrogen-bond donors (Lipinski definition) is 2. The van der Waals surface area contributed by atoms with Crippen LogP contribution in [-0.4, -0.2) is 31.5 Å². The average Bonchev–Trinajstić information content (AvgIpc) is 2.12. The van der Waals surface area contributed by atoms with Gasteiger partial charge in [0, 0.05) is 18.4 Å². The minimum absolute atomic E-state index is 0.163. The van der Waals surface area contributed by atoms with E-state index in [0.717, 1.165) is 0 Å². The summed E-state index contributed by atoms with van der Waals surface area (Å²) in [5.41, 5.74) is -0.176. The van der Waals surface area contributed by atoms with E-state index >= 15 is 0 Å². The summed E-state index contributed by atoms with van der Waals surface area (Å²) >= 11 is 0. The molecular formula is C9H10F2O4S. The lowest BCUT2D eigenvalue weighted by Crippen LogP contribution is -2.07. The number of hydrogen-bond acceptors (Lipinski definition) is 4. The van der Waals surface area contributed by atoms with E-state index in [0.29, 0.717) is 12.3 Å². The molecule has 0 saturated carbocycles. The second-order valence-corrected chi connectivity index (χ2v) is 5.21. The molecule has 1 aromatic carbocycles. The summed E-state index contributed by atoms with van der Waals surface area (Å²) in [5, 5.41) is 17.9. The predicted octanol–water partition coefficient (Wildman–Crippen LogP) is 0.609. The number of rotatable bonds is 3. The Balaban J connectivity index is 3.53. The molecule has 0 radical (unpaired) electrons. The third kappa shape index (κ3) is 2.30. The number of phenols is 1. The lowest BCUT2D eigenvalue weighted by Gasteiger charge is -2.08. The lowest BCUT2D eigenvalue weighted by molar-refractivity contribution is 0.295. The number of benzene rings is 1. The van der Waals surface area contributed by atoms with Crippen molar-refractivity contribution in [3.05, 3.63) is 23.3 Å². The Hall–Kier alpha value is -1.21. The van der Waals surface area contributed by atoms with Crippen molar-refractivity contribution in [1.29, 1.82) is 0 Å². The van der Waals surface area contributed by atoms with Gasteiger partial charge in [0.2, 0.25) is 0 Å². The van der Waals surface area contributed by atoms with Gasteiger partial charge in [-0.05, 0) is 12.5 Å². The molecular weight excluding hydrogens is 242 g/mol. The predicted molar refractivity (Wildman–Crippen MR) is 51.9 cm³/mol. The van der Waals surface area contributed by atoms with E-state index in [-0.39, 0.29) is 12.0 Å². The van der Waals surface area contributed by atoms with E-state index in [4.69, 9.17) is 5.11 Å². The SMILES string of the molecule is CS(=O)(=O)c1c(F)cc(CCO)c(O)c1F. The summed E-state index contributed by atoms with van der Waals surface area (Å²) in [7, 11) is -4.09. The first-order valence-corrected chi connectivity index (χ1v) is 6.19. The van der Waals surface area contributed by atoms with Gasteiger partial charge in [0.1, 0.15) is 10.7 Å². The molecule has 0 bridgehead atoms. The zero-order chi connectivity index (χ0) is 12.5. The first kappa shape index (κ1) is 12.9. The van der Waals surface area contributed by atoms with Crippen LogP contribution in [0.5, 0.6) is 5.75 Å². The molecule has 0 atom stereocenters. The van der Waals surface area contributed by atoms with Gasteiger partial charge < -0.3 is 10.2 Å². The maximum Gasteiger partial charge on any atom is 0.186 e. The average molecular weight is 252 g/mol. The van der Waals surface area contributed by atoms with Crippen molar-refractivity contribution in [2.45, 2.75) is 11.3 Å². The molecule has 7 heteroatoms. The van der Waals surface area contributed by atoms with Crippen molar-refractivity contribution in [2.75, 3.05) is 12.9 Å². The van der Waals surface area contributed by atoms with Gasteiger partial charge in [0.25, 0.3) is 0 Å². The minimum Gasteiger partial charge on any atom is -0.505 e. The minimum atomic E-state index is -4.09. The Kier molecular flexibility index (Phi) is 3.49. The molecule has 1 rings (SSSR count). The van der Waals surface area contributed by atoms with Crippen molar-refractivity contribution in [3.8, 4) is 5.75 Å². The fourth-order valence-electron chi connectivity index (χ4n) is 1.29. The molecule has 0 fully saturated rings. The van der Waals surface area contributed by atoms with Crippen LogP contribution in [0.2, 0.25) is 0 Å². The highest BCUT2D eigenvalue weighted by Gasteiger charge is 2.24. The van der Waals surface area contributed by atoms with Crippen LogP contribution in [0, 0.1) is 11.6 Å². The number of aromatic hydroxyl groups is 1. The number of aliphatic hydroxyl groups is 1.